The average molecular weight is 163 g/mol. The summed E-state index contributed by atoms with van der Waals surface area (Å²) >= 11 is 0. The summed E-state index contributed by atoms with van der Waals surface area (Å²) in [6, 6.07) is 0.829. The lowest BCUT2D eigenvalue weighted by atomic mass is 10.1. The van der Waals surface area contributed by atoms with Crippen molar-refractivity contribution in [3.8, 4) is 0 Å². The normalized spacial score (nSPS) is 39.0. The van der Waals surface area contributed by atoms with E-state index in [0.717, 1.165) is 20.4 Å². The van der Waals surface area contributed by atoms with E-state index in [1.54, 1.807) is 0 Å². The van der Waals surface area contributed by atoms with Gasteiger partial charge in [0.2, 0.25) is 0 Å². The van der Waals surface area contributed by atoms with E-state index < -0.39 is 0 Å². The molecule has 0 aromatic carbocycles. The second-order valence-corrected chi connectivity index (χ2v) is 4.58. The van der Waals surface area contributed by atoms with Crippen molar-refractivity contribution in [2.45, 2.75) is 26.3 Å². The molecular formula is C6H15NP2. The Balaban J connectivity index is 2.38. The average Bonchev–Trinajstić information content (AvgIpc) is 2.10. The molecule has 1 nitrogen and oxygen atoms in total. The molecule has 1 fully saturated rings. The molecule has 1 heterocycles. The summed E-state index contributed by atoms with van der Waals surface area (Å²) in [6.45, 7) is 5.96. The third-order valence-electron chi connectivity index (χ3n) is 1.95. The smallest absolute Gasteiger partial charge is 0.0109 e. The lowest BCUT2D eigenvalue weighted by Crippen LogP contribution is -2.15. The fourth-order valence-corrected chi connectivity index (χ4v) is 3.34. The summed E-state index contributed by atoms with van der Waals surface area (Å²) in [5.41, 5.74) is 0. The molecule has 1 aliphatic heterocycles. The molecular weight excluding hydrogens is 148 g/mol. The molecule has 0 amide bonds. The van der Waals surface area contributed by atoms with E-state index in [2.05, 4.69) is 27.4 Å². The molecule has 0 saturated carbocycles. The molecule has 9 heavy (non-hydrogen) atoms. The maximum absolute atomic E-state index is 2.82. The summed E-state index contributed by atoms with van der Waals surface area (Å²) < 4.78 is 2.54. The maximum atomic E-state index is 2.82. The zero-order chi connectivity index (χ0) is 6.85. The summed E-state index contributed by atoms with van der Waals surface area (Å²) in [5.74, 6) is 0.924. The van der Waals surface area contributed by atoms with E-state index in [4.69, 9.17) is 0 Å². The van der Waals surface area contributed by atoms with Crippen molar-refractivity contribution < 1.29 is 0 Å². The van der Waals surface area contributed by atoms with E-state index in [9.17, 15) is 0 Å². The van der Waals surface area contributed by atoms with Gasteiger partial charge in [-0.2, -0.15) is 0 Å². The molecule has 0 N–H and O–H groups in total. The van der Waals surface area contributed by atoms with Crippen LogP contribution in [0.1, 0.15) is 20.3 Å². The van der Waals surface area contributed by atoms with Crippen molar-refractivity contribution >= 4 is 17.3 Å². The van der Waals surface area contributed by atoms with E-state index in [1.807, 2.05) is 0 Å². The highest BCUT2D eigenvalue weighted by Crippen LogP contribution is 2.36. The van der Waals surface area contributed by atoms with Crippen LogP contribution in [-0.4, -0.2) is 17.3 Å². The maximum Gasteiger partial charge on any atom is 0.0109 e. The number of hydrogen-bond acceptors (Lipinski definition) is 1. The highest BCUT2D eigenvalue weighted by atomic mass is 32.0. The molecule has 0 bridgehead atoms. The van der Waals surface area contributed by atoms with Crippen LogP contribution in [0.15, 0.2) is 0 Å². The minimum Gasteiger partial charge on any atom is -0.278 e. The van der Waals surface area contributed by atoms with Crippen molar-refractivity contribution in [2.24, 2.45) is 5.92 Å². The highest BCUT2D eigenvalue weighted by molar-refractivity contribution is 8.01. The third-order valence-corrected chi connectivity index (χ3v) is 3.90. The van der Waals surface area contributed by atoms with Crippen LogP contribution < -0.4 is 0 Å². The molecule has 3 heteroatoms. The number of nitrogens with zero attached hydrogens (tertiary/aromatic N) is 1. The van der Waals surface area contributed by atoms with Crippen molar-refractivity contribution in [1.29, 1.82) is 0 Å². The molecule has 1 saturated heterocycles. The van der Waals surface area contributed by atoms with Gasteiger partial charge in [-0.3, -0.25) is 4.67 Å². The molecule has 0 spiro atoms. The van der Waals surface area contributed by atoms with Gasteiger partial charge in [0.1, 0.15) is 0 Å². The zero-order valence-electron chi connectivity index (χ0n) is 6.09. The Bertz CT molecular complexity index is 97.1. The third kappa shape index (κ3) is 1.87. The van der Waals surface area contributed by atoms with Gasteiger partial charge in [0, 0.05) is 12.6 Å². The Labute approximate surface area is 61.5 Å². The summed E-state index contributed by atoms with van der Waals surface area (Å²) in [7, 11) is 3.74. The quantitative estimate of drug-likeness (QED) is 0.535. The largest absolute Gasteiger partial charge is 0.278 e. The SMILES string of the molecule is CC1C[C@@H](C)N(PP)C1. The standard InChI is InChI=1S/C6H15NP2/c1-5-3-6(2)7(4-5)9-8/h5-6,9H,3-4,8H2,1-2H3/t5?,6-/m1/s1. The van der Waals surface area contributed by atoms with Gasteiger partial charge < -0.3 is 0 Å². The van der Waals surface area contributed by atoms with Crippen LogP contribution in [0.2, 0.25) is 0 Å². The first-order chi connectivity index (χ1) is 4.24. The lowest BCUT2D eigenvalue weighted by molar-refractivity contribution is 0.462. The van der Waals surface area contributed by atoms with Gasteiger partial charge in [0.05, 0.1) is 0 Å². The van der Waals surface area contributed by atoms with Crippen LogP contribution in [-0.2, 0) is 0 Å². The predicted octanol–water partition coefficient (Wildman–Crippen LogP) is 2.10. The first-order valence-electron chi connectivity index (χ1n) is 3.47. The van der Waals surface area contributed by atoms with Crippen LogP contribution in [0.5, 0.6) is 0 Å². The second-order valence-electron chi connectivity index (χ2n) is 2.97. The topological polar surface area (TPSA) is 3.24 Å². The van der Waals surface area contributed by atoms with Gasteiger partial charge in [-0.05, 0) is 27.7 Å². The first-order valence-corrected chi connectivity index (χ1v) is 6.22. The van der Waals surface area contributed by atoms with Crippen LogP contribution >= 0.6 is 17.3 Å². The molecule has 0 aromatic rings. The van der Waals surface area contributed by atoms with Crippen LogP contribution in [0.4, 0.5) is 0 Å². The Morgan fingerprint density at radius 3 is 2.44 bits per heavy atom. The fourth-order valence-electron chi connectivity index (χ4n) is 1.48. The molecule has 54 valence electrons. The first kappa shape index (κ1) is 7.92. The van der Waals surface area contributed by atoms with Crippen molar-refractivity contribution in [2.75, 3.05) is 6.54 Å². The van der Waals surface area contributed by atoms with Gasteiger partial charge in [-0.1, -0.05) is 15.9 Å². The van der Waals surface area contributed by atoms with Crippen molar-refractivity contribution in [1.82, 2.24) is 4.67 Å². The van der Waals surface area contributed by atoms with Gasteiger partial charge in [0.25, 0.3) is 0 Å². The van der Waals surface area contributed by atoms with Crippen LogP contribution in [0, 0.1) is 5.92 Å². The Hall–Kier alpha value is 0.820. The summed E-state index contributed by atoms with van der Waals surface area (Å²) in [6.07, 6.45) is 1.39. The molecule has 0 aromatic heterocycles. The van der Waals surface area contributed by atoms with Gasteiger partial charge >= 0.3 is 0 Å². The second kappa shape index (κ2) is 3.28. The van der Waals surface area contributed by atoms with Crippen molar-refractivity contribution in [3.63, 3.8) is 0 Å². The minimum atomic E-state index is 0.829. The van der Waals surface area contributed by atoms with E-state index >= 15 is 0 Å². The van der Waals surface area contributed by atoms with Crippen molar-refractivity contribution in [3.05, 3.63) is 0 Å². The summed E-state index contributed by atoms with van der Waals surface area (Å²) in [5, 5.41) is 0. The molecule has 0 aliphatic carbocycles. The Kier molecular flexibility index (Phi) is 2.89. The number of rotatable bonds is 1. The van der Waals surface area contributed by atoms with Gasteiger partial charge in [-0.25, -0.2) is 0 Å². The Morgan fingerprint density at radius 2 is 2.22 bits per heavy atom. The molecule has 1 rings (SSSR count). The lowest BCUT2D eigenvalue weighted by Gasteiger charge is -2.16. The summed E-state index contributed by atoms with van der Waals surface area (Å²) in [4.78, 5) is 0. The molecule has 0 radical (unpaired) electrons. The highest BCUT2D eigenvalue weighted by Gasteiger charge is 2.24. The van der Waals surface area contributed by atoms with E-state index in [0.29, 0.717) is 0 Å². The van der Waals surface area contributed by atoms with Gasteiger partial charge in [-0.15, -0.1) is 0 Å². The minimum absolute atomic E-state index is 0.829. The monoisotopic (exact) mass is 163 g/mol. The van der Waals surface area contributed by atoms with E-state index in [-0.39, 0.29) is 0 Å². The Morgan fingerprint density at radius 1 is 1.56 bits per heavy atom. The van der Waals surface area contributed by atoms with Gasteiger partial charge in [0.15, 0.2) is 0 Å². The van der Waals surface area contributed by atoms with Crippen LogP contribution in [0.25, 0.3) is 0 Å². The molecule has 4 atom stereocenters. The molecule has 1 aliphatic rings. The number of hydrogen-bond donors (Lipinski definition) is 0. The fraction of sp³-hybridized carbons (Fsp3) is 1.00. The molecule has 3 unspecified atom stereocenters. The van der Waals surface area contributed by atoms with Crippen LogP contribution in [0.3, 0.4) is 0 Å². The van der Waals surface area contributed by atoms with E-state index in [1.165, 1.54) is 13.0 Å². The zero-order valence-corrected chi connectivity index (χ0v) is 8.25. The predicted molar refractivity (Wildman–Crippen MR) is 48.0 cm³/mol.